The molecule has 1 spiro atoms. The fourth-order valence-electron chi connectivity index (χ4n) is 10.7. The van der Waals surface area contributed by atoms with E-state index in [-0.39, 0.29) is 0 Å². The number of hydrogen-bond acceptors (Lipinski definition) is 2. The Hall–Kier alpha value is -7.94. The van der Waals surface area contributed by atoms with Crippen molar-refractivity contribution in [3.63, 3.8) is 0 Å². The van der Waals surface area contributed by atoms with E-state index in [2.05, 4.69) is 223 Å². The molecule has 284 valence electrons. The molecule has 2 heteroatoms. The van der Waals surface area contributed by atoms with Crippen molar-refractivity contribution in [1.29, 1.82) is 0 Å². The summed E-state index contributed by atoms with van der Waals surface area (Å²) in [7, 11) is 0. The predicted molar refractivity (Wildman–Crippen MR) is 253 cm³/mol. The summed E-state index contributed by atoms with van der Waals surface area (Å²) in [4.78, 5) is 2.42. The summed E-state index contributed by atoms with van der Waals surface area (Å²) in [6, 6.07) is 82.2. The van der Waals surface area contributed by atoms with Crippen LogP contribution < -0.4 is 4.90 Å². The molecule has 2 aliphatic carbocycles. The minimum Gasteiger partial charge on any atom is -0.456 e. The number of rotatable bonds is 5. The van der Waals surface area contributed by atoms with Crippen molar-refractivity contribution in [2.75, 3.05) is 4.90 Å². The first-order chi connectivity index (χ1) is 30.3. The summed E-state index contributed by atoms with van der Waals surface area (Å²) in [6.07, 6.45) is 0. The molecule has 0 aliphatic heterocycles. The predicted octanol–water partition coefficient (Wildman–Crippen LogP) is 15.9. The Morgan fingerprint density at radius 1 is 0.295 bits per heavy atom. The molecule has 2 nitrogen and oxygen atoms in total. The SMILES string of the molecule is c1ccc(-c2ccc(N(c3ccc(-c4cc5oc6ccccc6c5c5ccccc45)cc3)c3ccc4c(c3)C3(c5ccccc5-c5ccccc53)c3ccccc3-4)cc2)cc1. The average molecular weight is 776 g/mol. The molecule has 11 aromatic rings. The van der Waals surface area contributed by atoms with Crippen molar-refractivity contribution in [2.24, 2.45) is 0 Å². The van der Waals surface area contributed by atoms with Crippen LogP contribution in [0, 0.1) is 0 Å². The number of para-hydroxylation sites is 1. The van der Waals surface area contributed by atoms with E-state index >= 15 is 0 Å². The molecule has 0 bridgehead atoms. The molecule has 0 saturated heterocycles. The van der Waals surface area contributed by atoms with Crippen LogP contribution in [0.4, 0.5) is 17.1 Å². The van der Waals surface area contributed by atoms with Crippen LogP contribution in [0.5, 0.6) is 0 Å². The van der Waals surface area contributed by atoms with Crippen LogP contribution in [0.2, 0.25) is 0 Å². The summed E-state index contributed by atoms with van der Waals surface area (Å²) in [5, 5.41) is 4.73. The number of nitrogens with zero attached hydrogens (tertiary/aromatic N) is 1. The fourth-order valence-corrected chi connectivity index (χ4v) is 10.7. The Bertz CT molecular complexity index is 3460. The normalized spacial score (nSPS) is 13.0. The van der Waals surface area contributed by atoms with Crippen LogP contribution in [-0.2, 0) is 5.41 Å². The quantitative estimate of drug-likeness (QED) is 0.173. The second-order valence-corrected chi connectivity index (χ2v) is 16.4. The van der Waals surface area contributed by atoms with Crippen LogP contribution in [0.3, 0.4) is 0 Å². The second kappa shape index (κ2) is 13.0. The summed E-state index contributed by atoms with van der Waals surface area (Å²) >= 11 is 0. The minimum absolute atomic E-state index is 0.432. The first kappa shape index (κ1) is 34.0. The molecule has 0 unspecified atom stereocenters. The monoisotopic (exact) mass is 775 g/mol. The van der Waals surface area contributed by atoms with Crippen molar-refractivity contribution in [3.05, 3.63) is 247 Å². The van der Waals surface area contributed by atoms with Crippen molar-refractivity contribution < 1.29 is 4.42 Å². The number of anilines is 3. The molecule has 1 heterocycles. The van der Waals surface area contributed by atoms with Crippen LogP contribution in [-0.4, -0.2) is 0 Å². The van der Waals surface area contributed by atoms with E-state index in [0.29, 0.717) is 0 Å². The second-order valence-electron chi connectivity index (χ2n) is 16.4. The minimum atomic E-state index is -0.432. The van der Waals surface area contributed by atoms with Gasteiger partial charge in [-0.25, -0.2) is 0 Å². The van der Waals surface area contributed by atoms with Gasteiger partial charge in [0.05, 0.1) is 5.41 Å². The first-order valence-corrected chi connectivity index (χ1v) is 21.1. The van der Waals surface area contributed by atoms with Crippen LogP contribution in [0.1, 0.15) is 22.3 Å². The van der Waals surface area contributed by atoms with E-state index in [0.717, 1.165) is 44.7 Å². The zero-order valence-corrected chi connectivity index (χ0v) is 33.2. The lowest BCUT2D eigenvalue weighted by Gasteiger charge is -2.32. The number of hydrogen-bond donors (Lipinski definition) is 0. The average Bonchev–Trinajstić information content (AvgIpc) is 3.96. The van der Waals surface area contributed by atoms with Gasteiger partial charge in [-0.1, -0.05) is 176 Å². The van der Waals surface area contributed by atoms with Gasteiger partial charge in [0, 0.05) is 27.8 Å². The molecule has 0 atom stereocenters. The van der Waals surface area contributed by atoms with Gasteiger partial charge in [-0.2, -0.15) is 0 Å². The van der Waals surface area contributed by atoms with Gasteiger partial charge in [-0.3, -0.25) is 0 Å². The summed E-state index contributed by atoms with van der Waals surface area (Å²) < 4.78 is 6.48. The number of furan rings is 1. The van der Waals surface area contributed by atoms with Gasteiger partial charge in [-0.05, 0) is 126 Å². The van der Waals surface area contributed by atoms with E-state index in [1.165, 1.54) is 71.8 Å². The largest absolute Gasteiger partial charge is 0.456 e. The lowest BCUT2D eigenvalue weighted by molar-refractivity contribution is 0.669. The third-order valence-electron chi connectivity index (χ3n) is 13.3. The molecular formula is C59H37NO. The molecule has 0 N–H and O–H groups in total. The zero-order chi connectivity index (χ0) is 40.1. The Balaban J connectivity index is 1.00. The molecule has 2 aliphatic rings. The lowest BCUT2D eigenvalue weighted by Crippen LogP contribution is -2.26. The third-order valence-corrected chi connectivity index (χ3v) is 13.3. The Kier molecular flexibility index (Phi) is 7.26. The van der Waals surface area contributed by atoms with E-state index in [4.69, 9.17) is 4.42 Å². The van der Waals surface area contributed by atoms with Gasteiger partial charge < -0.3 is 9.32 Å². The highest BCUT2D eigenvalue weighted by Gasteiger charge is 2.51. The molecular weight excluding hydrogens is 739 g/mol. The summed E-state index contributed by atoms with van der Waals surface area (Å²) in [6.45, 7) is 0. The van der Waals surface area contributed by atoms with Gasteiger partial charge in [0.2, 0.25) is 0 Å². The van der Waals surface area contributed by atoms with Crippen molar-refractivity contribution >= 4 is 49.8 Å². The van der Waals surface area contributed by atoms with E-state index < -0.39 is 5.41 Å². The Morgan fingerprint density at radius 2 is 0.770 bits per heavy atom. The molecule has 1 aromatic heterocycles. The van der Waals surface area contributed by atoms with Crippen molar-refractivity contribution in [2.45, 2.75) is 5.41 Å². The van der Waals surface area contributed by atoms with Crippen LogP contribution in [0.25, 0.3) is 77.2 Å². The molecule has 0 amide bonds. The highest BCUT2D eigenvalue weighted by atomic mass is 16.3. The molecule has 10 aromatic carbocycles. The molecule has 0 radical (unpaired) electrons. The van der Waals surface area contributed by atoms with E-state index in [9.17, 15) is 0 Å². The lowest BCUT2D eigenvalue weighted by atomic mass is 9.70. The highest BCUT2D eigenvalue weighted by molar-refractivity contribution is 6.22. The highest BCUT2D eigenvalue weighted by Crippen LogP contribution is 2.63. The maximum atomic E-state index is 6.48. The molecule has 0 saturated carbocycles. The number of fused-ring (bicyclic) bond motifs is 15. The van der Waals surface area contributed by atoms with Crippen LogP contribution >= 0.6 is 0 Å². The summed E-state index contributed by atoms with van der Waals surface area (Å²) in [5.74, 6) is 0. The maximum absolute atomic E-state index is 6.48. The van der Waals surface area contributed by atoms with Crippen molar-refractivity contribution in [3.8, 4) is 44.5 Å². The van der Waals surface area contributed by atoms with Gasteiger partial charge >= 0.3 is 0 Å². The van der Waals surface area contributed by atoms with Crippen molar-refractivity contribution in [1.82, 2.24) is 0 Å². The van der Waals surface area contributed by atoms with Gasteiger partial charge in [0.25, 0.3) is 0 Å². The Labute approximate surface area is 354 Å². The van der Waals surface area contributed by atoms with E-state index in [1.807, 2.05) is 6.07 Å². The van der Waals surface area contributed by atoms with Gasteiger partial charge in [-0.15, -0.1) is 0 Å². The Morgan fingerprint density at radius 3 is 1.41 bits per heavy atom. The zero-order valence-electron chi connectivity index (χ0n) is 33.2. The van der Waals surface area contributed by atoms with E-state index in [1.54, 1.807) is 0 Å². The molecule has 0 fully saturated rings. The standard InChI is InChI=1S/C59H37NO/c1-2-14-38(15-3-1)39-26-30-41(31-27-39)60(42-32-28-40(29-33-42)51-37-57-58(49-20-5-4-16-44(49)51)50-21-9-13-25-56(50)61-57)43-34-35-48-47-19-8-12-24-54(47)59(55(48)36-43)52-22-10-6-17-45(52)46-18-7-11-23-53(46)59/h1-37H. The number of benzene rings is 10. The fraction of sp³-hybridized carbons (Fsp3) is 0.0169. The van der Waals surface area contributed by atoms with Crippen LogP contribution in [0.15, 0.2) is 229 Å². The summed E-state index contributed by atoms with van der Waals surface area (Å²) in [5.41, 5.74) is 19.9. The van der Waals surface area contributed by atoms with Gasteiger partial charge in [0.1, 0.15) is 11.2 Å². The maximum Gasteiger partial charge on any atom is 0.136 e. The smallest absolute Gasteiger partial charge is 0.136 e. The molecule has 13 rings (SSSR count). The molecule has 61 heavy (non-hydrogen) atoms. The third kappa shape index (κ3) is 4.85. The topological polar surface area (TPSA) is 16.4 Å². The van der Waals surface area contributed by atoms with Gasteiger partial charge in [0.15, 0.2) is 0 Å². The first-order valence-electron chi connectivity index (χ1n) is 21.1.